The Morgan fingerprint density at radius 2 is 1.47 bits per heavy atom. The molecule has 192 valence electrons. The molecule has 0 amide bonds. The molecule has 0 bridgehead atoms. The first-order chi connectivity index (χ1) is 17.3. The summed E-state index contributed by atoms with van der Waals surface area (Å²) >= 11 is 0. The van der Waals surface area contributed by atoms with Gasteiger partial charge in [-0.15, -0.1) is 0 Å². The van der Waals surface area contributed by atoms with Crippen LogP contribution < -0.4 is 9.47 Å². The largest absolute Gasteiger partial charge is 0.497 e. The molecule has 36 heavy (non-hydrogen) atoms. The van der Waals surface area contributed by atoms with Crippen molar-refractivity contribution in [1.82, 2.24) is 14.1 Å². The number of hydrogen-bond donors (Lipinski definition) is 0. The average Bonchev–Trinajstić information content (AvgIpc) is 3.35. The standard InChI is InChI=1S/C26H31N3O6S/c1-4-35-25(30)26(15-5-16-26)29-17-14-24(27-29)36(31,32)28(18-20-6-10-22(33-2)11-7-20)19-21-8-12-23(34-3)13-9-21/h6-14,17H,4-5,15-16,18-19H2,1-3H3. The Hall–Kier alpha value is -3.37. The first kappa shape index (κ1) is 25.7. The van der Waals surface area contributed by atoms with Gasteiger partial charge in [0.2, 0.25) is 0 Å². The molecule has 2 aromatic carbocycles. The third-order valence-corrected chi connectivity index (χ3v) is 8.16. The third kappa shape index (κ3) is 5.10. The summed E-state index contributed by atoms with van der Waals surface area (Å²) in [5.41, 5.74) is 0.657. The van der Waals surface area contributed by atoms with E-state index in [-0.39, 0.29) is 30.7 Å². The molecule has 10 heteroatoms. The fraction of sp³-hybridized carbons (Fsp3) is 0.385. The molecule has 1 fully saturated rings. The molecule has 1 aliphatic rings. The lowest BCUT2D eigenvalue weighted by Crippen LogP contribution is -2.49. The van der Waals surface area contributed by atoms with Gasteiger partial charge in [-0.05, 0) is 67.6 Å². The van der Waals surface area contributed by atoms with Crippen molar-refractivity contribution in [3.05, 3.63) is 71.9 Å². The maximum absolute atomic E-state index is 13.8. The molecule has 0 unspecified atom stereocenters. The Morgan fingerprint density at radius 1 is 0.944 bits per heavy atom. The molecule has 0 aliphatic heterocycles. The molecule has 0 atom stereocenters. The van der Waals surface area contributed by atoms with Crippen molar-refractivity contribution in [1.29, 1.82) is 0 Å². The summed E-state index contributed by atoms with van der Waals surface area (Å²) in [7, 11) is -0.843. The molecule has 0 spiro atoms. The van der Waals surface area contributed by atoms with Gasteiger partial charge in [-0.25, -0.2) is 13.2 Å². The molecule has 1 saturated carbocycles. The van der Waals surface area contributed by atoms with Gasteiger partial charge in [0.15, 0.2) is 10.6 Å². The van der Waals surface area contributed by atoms with Crippen LogP contribution in [0.5, 0.6) is 11.5 Å². The van der Waals surface area contributed by atoms with Crippen molar-refractivity contribution in [2.45, 2.75) is 49.8 Å². The highest BCUT2D eigenvalue weighted by Gasteiger charge is 2.48. The summed E-state index contributed by atoms with van der Waals surface area (Å²) in [6.45, 7) is 2.27. The molecule has 0 N–H and O–H groups in total. The van der Waals surface area contributed by atoms with Gasteiger partial charge in [0.25, 0.3) is 10.0 Å². The van der Waals surface area contributed by atoms with Gasteiger partial charge in [0.1, 0.15) is 11.5 Å². The molecular formula is C26H31N3O6S. The van der Waals surface area contributed by atoms with Crippen LogP contribution in [-0.2, 0) is 38.2 Å². The van der Waals surface area contributed by atoms with E-state index in [2.05, 4.69) is 5.10 Å². The van der Waals surface area contributed by atoms with Crippen molar-refractivity contribution >= 4 is 16.0 Å². The fourth-order valence-electron chi connectivity index (χ4n) is 4.21. The Bertz CT molecular complexity index is 1230. The van der Waals surface area contributed by atoms with Crippen LogP contribution in [-0.4, -0.2) is 49.3 Å². The number of nitrogens with zero attached hydrogens (tertiary/aromatic N) is 3. The summed E-state index contributed by atoms with van der Waals surface area (Å²) in [6, 6.07) is 15.9. The number of benzene rings is 2. The summed E-state index contributed by atoms with van der Waals surface area (Å²) < 4.78 is 46.2. The molecule has 0 radical (unpaired) electrons. The van der Waals surface area contributed by atoms with Gasteiger partial charge in [0.05, 0.1) is 20.8 Å². The Kier molecular flexibility index (Phi) is 7.65. The SMILES string of the molecule is CCOC(=O)C1(n2ccc(S(=O)(=O)N(Cc3ccc(OC)cc3)Cc3ccc(OC)cc3)n2)CCC1. The summed E-state index contributed by atoms with van der Waals surface area (Å²) in [5, 5.41) is 4.27. The summed E-state index contributed by atoms with van der Waals surface area (Å²) in [5.74, 6) is 0.996. The summed E-state index contributed by atoms with van der Waals surface area (Å²) in [6.07, 6.45) is 3.53. The highest BCUT2D eigenvalue weighted by Crippen LogP contribution is 2.40. The molecule has 1 heterocycles. The smallest absolute Gasteiger partial charge is 0.334 e. The number of sulfonamides is 1. The van der Waals surface area contributed by atoms with E-state index in [1.54, 1.807) is 51.6 Å². The van der Waals surface area contributed by atoms with Crippen molar-refractivity contribution in [2.24, 2.45) is 0 Å². The van der Waals surface area contributed by atoms with E-state index >= 15 is 0 Å². The van der Waals surface area contributed by atoms with Gasteiger partial charge < -0.3 is 14.2 Å². The van der Waals surface area contributed by atoms with E-state index in [4.69, 9.17) is 14.2 Å². The Balaban J connectivity index is 1.65. The van der Waals surface area contributed by atoms with E-state index in [1.807, 2.05) is 24.3 Å². The maximum atomic E-state index is 13.8. The highest BCUT2D eigenvalue weighted by molar-refractivity contribution is 7.89. The van der Waals surface area contributed by atoms with Gasteiger partial charge in [-0.3, -0.25) is 4.68 Å². The minimum atomic E-state index is -4.00. The zero-order chi connectivity index (χ0) is 25.8. The number of rotatable bonds is 11. The number of aromatic nitrogens is 2. The third-order valence-electron chi connectivity index (χ3n) is 6.48. The van der Waals surface area contributed by atoms with E-state index in [9.17, 15) is 13.2 Å². The number of hydrogen-bond acceptors (Lipinski definition) is 7. The average molecular weight is 514 g/mol. The number of methoxy groups -OCH3 is 2. The van der Waals surface area contributed by atoms with Crippen molar-refractivity contribution < 1.29 is 27.4 Å². The minimum Gasteiger partial charge on any atom is -0.497 e. The van der Waals surface area contributed by atoms with Crippen molar-refractivity contribution in [3.63, 3.8) is 0 Å². The zero-order valence-corrected chi connectivity index (χ0v) is 21.5. The van der Waals surface area contributed by atoms with Crippen LogP contribution in [0.4, 0.5) is 0 Å². The van der Waals surface area contributed by atoms with Gasteiger partial charge in [-0.2, -0.15) is 9.40 Å². The molecular weight excluding hydrogens is 482 g/mol. The van der Waals surface area contributed by atoms with E-state index in [0.717, 1.165) is 17.5 Å². The van der Waals surface area contributed by atoms with Crippen LogP contribution in [0.15, 0.2) is 65.8 Å². The van der Waals surface area contributed by atoms with Gasteiger partial charge in [-0.1, -0.05) is 24.3 Å². The number of ether oxygens (including phenoxy) is 3. The van der Waals surface area contributed by atoms with Crippen LogP contribution in [0, 0.1) is 0 Å². The van der Waals surface area contributed by atoms with Crippen LogP contribution in [0.3, 0.4) is 0 Å². The van der Waals surface area contributed by atoms with E-state index in [0.29, 0.717) is 24.3 Å². The fourth-order valence-corrected chi connectivity index (χ4v) is 5.54. The number of carbonyl (C=O) groups is 1. The quantitative estimate of drug-likeness (QED) is 0.360. The monoisotopic (exact) mass is 513 g/mol. The number of esters is 1. The van der Waals surface area contributed by atoms with Crippen LogP contribution in [0.25, 0.3) is 0 Å². The molecule has 9 nitrogen and oxygen atoms in total. The minimum absolute atomic E-state index is 0.111. The Morgan fingerprint density at radius 3 is 1.89 bits per heavy atom. The molecule has 4 rings (SSSR count). The van der Waals surface area contributed by atoms with E-state index < -0.39 is 15.6 Å². The Labute approximate surface area is 211 Å². The van der Waals surface area contributed by atoms with Crippen molar-refractivity contribution in [3.8, 4) is 11.5 Å². The lowest BCUT2D eigenvalue weighted by atomic mass is 9.77. The lowest BCUT2D eigenvalue weighted by Gasteiger charge is -2.39. The first-order valence-electron chi connectivity index (χ1n) is 11.8. The second-order valence-electron chi connectivity index (χ2n) is 8.67. The predicted molar refractivity (Wildman–Crippen MR) is 133 cm³/mol. The molecule has 1 aliphatic carbocycles. The topological polar surface area (TPSA) is 100.0 Å². The molecule has 0 saturated heterocycles. The second-order valence-corrected chi connectivity index (χ2v) is 10.6. The van der Waals surface area contributed by atoms with Crippen LogP contribution in [0.2, 0.25) is 0 Å². The maximum Gasteiger partial charge on any atom is 0.334 e. The van der Waals surface area contributed by atoms with Crippen LogP contribution >= 0.6 is 0 Å². The van der Waals surface area contributed by atoms with Gasteiger partial charge >= 0.3 is 5.97 Å². The van der Waals surface area contributed by atoms with E-state index in [1.165, 1.54) is 15.1 Å². The van der Waals surface area contributed by atoms with Crippen molar-refractivity contribution in [2.75, 3.05) is 20.8 Å². The lowest BCUT2D eigenvalue weighted by molar-refractivity contribution is -0.160. The normalized spacial score (nSPS) is 14.8. The van der Waals surface area contributed by atoms with Crippen LogP contribution in [0.1, 0.15) is 37.3 Å². The number of carbonyl (C=O) groups excluding carboxylic acids is 1. The first-order valence-corrected chi connectivity index (χ1v) is 13.3. The highest BCUT2D eigenvalue weighted by atomic mass is 32.2. The molecule has 1 aromatic heterocycles. The second kappa shape index (κ2) is 10.7. The predicted octanol–water partition coefficient (Wildman–Crippen LogP) is 3.73. The summed E-state index contributed by atoms with van der Waals surface area (Å²) in [4.78, 5) is 12.7. The zero-order valence-electron chi connectivity index (χ0n) is 20.7. The van der Waals surface area contributed by atoms with Gasteiger partial charge in [0, 0.05) is 19.3 Å². The molecule has 3 aromatic rings.